The van der Waals surface area contributed by atoms with Crippen molar-refractivity contribution in [2.75, 3.05) is 5.32 Å². The topological polar surface area (TPSA) is 76.3 Å². The lowest BCUT2D eigenvalue weighted by Crippen LogP contribution is -2.28. The third-order valence-electron chi connectivity index (χ3n) is 2.52. The molecule has 0 aliphatic rings. The number of rotatable bonds is 2. The summed E-state index contributed by atoms with van der Waals surface area (Å²) in [5.41, 5.74) is 0.694. The van der Waals surface area contributed by atoms with E-state index in [1.54, 1.807) is 37.3 Å². The van der Waals surface area contributed by atoms with Crippen LogP contribution in [0.2, 0.25) is 0 Å². The molecule has 5 heteroatoms. The van der Waals surface area contributed by atoms with Gasteiger partial charge in [0.1, 0.15) is 0 Å². The summed E-state index contributed by atoms with van der Waals surface area (Å²) in [6.07, 6.45) is 0. The Bertz CT molecular complexity index is 650. The van der Waals surface area contributed by atoms with Crippen LogP contribution in [0.3, 0.4) is 0 Å². The van der Waals surface area contributed by atoms with Gasteiger partial charge in [-0.2, -0.15) is 0 Å². The SMILES string of the molecule is C=C(C)C(=O)Nc1cc2ccccc2[n+]([O-])c1O. The molecule has 5 nitrogen and oxygen atoms in total. The molecule has 0 bridgehead atoms. The van der Waals surface area contributed by atoms with Gasteiger partial charge in [-0.25, -0.2) is 0 Å². The van der Waals surface area contributed by atoms with E-state index in [9.17, 15) is 15.1 Å². The Morgan fingerprint density at radius 3 is 2.78 bits per heavy atom. The van der Waals surface area contributed by atoms with Gasteiger partial charge in [0, 0.05) is 11.6 Å². The molecule has 0 aliphatic carbocycles. The van der Waals surface area contributed by atoms with Crippen LogP contribution in [0.5, 0.6) is 5.88 Å². The number of nitrogens with one attached hydrogen (secondary N) is 1. The van der Waals surface area contributed by atoms with Crippen molar-refractivity contribution in [1.82, 2.24) is 0 Å². The molecule has 1 amide bonds. The number of carbonyl (C=O) groups is 1. The van der Waals surface area contributed by atoms with Gasteiger partial charge in [-0.05, 0) is 19.1 Å². The second kappa shape index (κ2) is 4.37. The Kier molecular flexibility index (Phi) is 2.89. The Balaban J connectivity index is 2.55. The summed E-state index contributed by atoms with van der Waals surface area (Å²) in [6.45, 7) is 5.03. The van der Waals surface area contributed by atoms with Crippen LogP contribution in [-0.4, -0.2) is 11.0 Å². The lowest BCUT2D eigenvalue weighted by Gasteiger charge is -2.09. The van der Waals surface area contributed by atoms with Crippen molar-refractivity contribution in [2.24, 2.45) is 0 Å². The maximum Gasteiger partial charge on any atom is 0.402 e. The first-order valence-electron chi connectivity index (χ1n) is 5.32. The number of carbonyl (C=O) groups excluding carboxylic acids is 1. The van der Waals surface area contributed by atoms with Gasteiger partial charge in [-0.3, -0.25) is 4.79 Å². The minimum Gasteiger partial charge on any atom is -0.616 e. The number of para-hydroxylation sites is 1. The normalized spacial score (nSPS) is 10.3. The Hall–Kier alpha value is -2.56. The van der Waals surface area contributed by atoms with Crippen LogP contribution >= 0.6 is 0 Å². The standard InChI is InChI=1S/C13H12N2O3/c1-8(2)12(16)14-10-7-9-5-3-4-6-11(9)15(18)13(10)17/h3-7,17H,1H2,2H3,(H,14,16). The van der Waals surface area contributed by atoms with Crippen LogP contribution in [0.15, 0.2) is 42.5 Å². The maximum atomic E-state index is 11.8. The summed E-state index contributed by atoms with van der Waals surface area (Å²) in [7, 11) is 0. The van der Waals surface area contributed by atoms with Gasteiger partial charge in [0.25, 0.3) is 5.91 Å². The van der Waals surface area contributed by atoms with Crippen LogP contribution in [0.25, 0.3) is 10.9 Å². The smallest absolute Gasteiger partial charge is 0.402 e. The first-order chi connectivity index (χ1) is 8.50. The third kappa shape index (κ3) is 1.98. The van der Waals surface area contributed by atoms with Gasteiger partial charge < -0.3 is 15.6 Å². The number of hydrogen-bond acceptors (Lipinski definition) is 3. The zero-order valence-electron chi connectivity index (χ0n) is 9.80. The molecule has 0 spiro atoms. The number of aromatic hydroxyl groups is 1. The molecule has 1 aromatic carbocycles. The molecular weight excluding hydrogens is 232 g/mol. The summed E-state index contributed by atoms with van der Waals surface area (Å²) < 4.78 is 0.378. The van der Waals surface area contributed by atoms with Gasteiger partial charge in [0.15, 0.2) is 5.69 Å². The highest BCUT2D eigenvalue weighted by Crippen LogP contribution is 2.24. The van der Waals surface area contributed by atoms with Crippen LogP contribution in [0, 0.1) is 5.21 Å². The zero-order valence-corrected chi connectivity index (χ0v) is 9.80. The molecular formula is C13H12N2O3. The Morgan fingerprint density at radius 2 is 2.11 bits per heavy atom. The number of fused-ring (bicyclic) bond motifs is 1. The Morgan fingerprint density at radius 1 is 1.44 bits per heavy atom. The minimum atomic E-state index is -0.539. The number of hydrogen-bond donors (Lipinski definition) is 2. The first kappa shape index (κ1) is 11.9. The van der Waals surface area contributed by atoms with Gasteiger partial charge >= 0.3 is 5.88 Å². The molecule has 1 heterocycles. The largest absolute Gasteiger partial charge is 0.616 e. The van der Waals surface area contributed by atoms with E-state index in [1.165, 1.54) is 0 Å². The fraction of sp³-hybridized carbons (Fsp3) is 0.0769. The zero-order chi connectivity index (χ0) is 13.3. The van der Waals surface area contributed by atoms with Crippen LogP contribution in [-0.2, 0) is 4.79 Å². The number of aromatic nitrogens is 1. The predicted octanol–water partition coefficient (Wildman–Crippen LogP) is 1.69. The summed E-state index contributed by atoms with van der Waals surface area (Å²) >= 11 is 0. The number of pyridine rings is 1. The molecule has 2 N–H and O–H groups in total. The molecule has 0 radical (unpaired) electrons. The van der Waals surface area contributed by atoms with Gasteiger partial charge in [-0.15, -0.1) is 4.73 Å². The second-order valence-corrected chi connectivity index (χ2v) is 3.97. The molecule has 92 valence electrons. The van der Waals surface area contributed by atoms with Crippen molar-refractivity contribution in [1.29, 1.82) is 0 Å². The predicted molar refractivity (Wildman–Crippen MR) is 68.0 cm³/mol. The third-order valence-corrected chi connectivity index (χ3v) is 2.52. The maximum absolute atomic E-state index is 11.8. The molecule has 1 aromatic heterocycles. The molecule has 0 fully saturated rings. The van der Waals surface area contributed by atoms with Crippen LogP contribution < -0.4 is 10.0 Å². The highest BCUT2D eigenvalue weighted by atomic mass is 16.5. The molecule has 0 unspecified atom stereocenters. The average molecular weight is 244 g/mol. The number of benzene rings is 1. The molecule has 2 aromatic rings. The average Bonchev–Trinajstić information content (AvgIpc) is 2.35. The quantitative estimate of drug-likeness (QED) is 0.479. The van der Waals surface area contributed by atoms with Crippen molar-refractivity contribution in [3.8, 4) is 5.88 Å². The van der Waals surface area contributed by atoms with E-state index >= 15 is 0 Å². The van der Waals surface area contributed by atoms with Crippen molar-refractivity contribution < 1.29 is 14.6 Å². The number of amides is 1. The van der Waals surface area contributed by atoms with Crippen LogP contribution in [0.4, 0.5) is 5.69 Å². The molecule has 2 rings (SSSR count). The molecule has 0 aliphatic heterocycles. The van der Waals surface area contributed by atoms with Gasteiger partial charge in [0.05, 0.1) is 5.39 Å². The van der Waals surface area contributed by atoms with Crippen molar-refractivity contribution in [3.05, 3.63) is 47.7 Å². The summed E-state index contributed by atoms with van der Waals surface area (Å²) in [4.78, 5) is 11.5. The summed E-state index contributed by atoms with van der Waals surface area (Å²) in [5, 5.41) is 24.6. The second-order valence-electron chi connectivity index (χ2n) is 3.97. The summed E-state index contributed by atoms with van der Waals surface area (Å²) in [5.74, 6) is -0.983. The Labute approximate surface area is 104 Å². The van der Waals surface area contributed by atoms with Crippen molar-refractivity contribution in [2.45, 2.75) is 6.92 Å². The lowest BCUT2D eigenvalue weighted by molar-refractivity contribution is -0.585. The van der Waals surface area contributed by atoms with E-state index in [1.807, 2.05) is 0 Å². The van der Waals surface area contributed by atoms with E-state index in [-0.39, 0.29) is 5.69 Å². The van der Waals surface area contributed by atoms with E-state index in [0.29, 0.717) is 21.2 Å². The van der Waals surface area contributed by atoms with E-state index in [0.717, 1.165) is 0 Å². The molecule has 0 saturated carbocycles. The number of nitrogens with zero attached hydrogens (tertiary/aromatic N) is 1. The monoisotopic (exact) mass is 244 g/mol. The lowest BCUT2D eigenvalue weighted by atomic mass is 10.2. The fourth-order valence-corrected chi connectivity index (χ4v) is 1.56. The number of anilines is 1. The van der Waals surface area contributed by atoms with Crippen molar-refractivity contribution >= 4 is 22.5 Å². The highest BCUT2D eigenvalue weighted by Gasteiger charge is 2.17. The summed E-state index contributed by atoms with van der Waals surface area (Å²) in [6, 6.07) is 8.32. The first-order valence-corrected chi connectivity index (χ1v) is 5.32. The highest BCUT2D eigenvalue weighted by molar-refractivity contribution is 6.04. The van der Waals surface area contributed by atoms with E-state index < -0.39 is 11.8 Å². The van der Waals surface area contributed by atoms with Gasteiger partial charge in [-0.1, -0.05) is 18.7 Å². The van der Waals surface area contributed by atoms with Gasteiger partial charge in [0.2, 0.25) is 5.52 Å². The molecule has 18 heavy (non-hydrogen) atoms. The van der Waals surface area contributed by atoms with E-state index in [2.05, 4.69) is 11.9 Å². The molecule has 0 saturated heterocycles. The van der Waals surface area contributed by atoms with Crippen LogP contribution in [0.1, 0.15) is 6.92 Å². The van der Waals surface area contributed by atoms with E-state index in [4.69, 9.17) is 0 Å². The van der Waals surface area contributed by atoms with Crippen molar-refractivity contribution in [3.63, 3.8) is 0 Å². The molecule has 0 atom stereocenters. The fourth-order valence-electron chi connectivity index (χ4n) is 1.56. The minimum absolute atomic E-state index is 0.0664.